The molecule has 0 amide bonds. The SMILES string of the molecule is Cc1sc(CNCC2CC2)nc1-c1ccc(F)cc1. The van der Waals surface area contributed by atoms with E-state index in [0.29, 0.717) is 0 Å². The monoisotopic (exact) mass is 276 g/mol. The van der Waals surface area contributed by atoms with Gasteiger partial charge in [-0.25, -0.2) is 9.37 Å². The topological polar surface area (TPSA) is 24.9 Å². The Hall–Kier alpha value is -1.26. The first-order valence-electron chi connectivity index (χ1n) is 6.65. The van der Waals surface area contributed by atoms with E-state index in [4.69, 9.17) is 0 Å². The molecule has 1 heterocycles. The molecule has 1 aliphatic carbocycles. The molecule has 1 fully saturated rings. The summed E-state index contributed by atoms with van der Waals surface area (Å²) in [5.74, 6) is 0.681. The number of rotatable bonds is 5. The zero-order valence-corrected chi connectivity index (χ0v) is 11.8. The van der Waals surface area contributed by atoms with E-state index in [1.807, 2.05) is 0 Å². The number of aryl methyl sites for hydroxylation is 1. The Morgan fingerprint density at radius 2 is 2.05 bits per heavy atom. The molecule has 2 nitrogen and oxygen atoms in total. The van der Waals surface area contributed by atoms with Crippen molar-refractivity contribution in [3.63, 3.8) is 0 Å². The maximum Gasteiger partial charge on any atom is 0.123 e. The number of hydrogen-bond donors (Lipinski definition) is 1. The lowest BCUT2D eigenvalue weighted by Gasteiger charge is -1.99. The van der Waals surface area contributed by atoms with Gasteiger partial charge in [0.25, 0.3) is 0 Å². The second-order valence-electron chi connectivity index (χ2n) is 5.09. The highest BCUT2D eigenvalue weighted by Gasteiger charge is 2.20. The fourth-order valence-electron chi connectivity index (χ4n) is 2.11. The fraction of sp³-hybridized carbons (Fsp3) is 0.400. The zero-order valence-electron chi connectivity index (χ0n) is 10.9. The van der Waals surface area contributed by atoms with E-state index < -0.39 is 0 Å². The zero-order chi connectivity index (χ0) is 13.2. The van der Waals surface area contributed by atoms with Crippen LogP contribution in [-0.4, -0.2) is 11.5 Å². The van der Waals surface area contributed by atoms with Crippen molar-refractivity contribution in [1.82, 2.24) is 10.3 Å². The predicted molar refractivity (Wildman–Crippen MR) is 76.7 cm³/mol. The molecule has 19 heavy (non-hydrogen) atoms. The maximum atomic E-state index is 12.9. The van der Waals surface area contributed by atoms with Crippen LogP contribution in [0, 0.1) is 18.7 Å². The molecule has 0 radical (unpaired) electrons. The van der Waals surface area contributed by atoms with Gasteiger partial charge >= 0.3 is 0 Å². The van der Waals surface area contributed by atoms with E-state index in [1.54, 1.807) is 23.5 Å². The lowest BCUT2D eigenvalue weighted by atomic mass is 10.1. The van der Waals surface area contributed by atoms with Crippen LogP contribution in [0.5, 0.6) is 0 Å². The van der Waals surface area contributed by atoms with Crippen molar-refractivity contribution >= 4 is 11.3 Å². The van der Waals surface area contributed by atoms with Gasteiger partial charge in [-0.3, -0.25) is 0 Å². The Labute approximate surface area is 116 Å². The molecule has 1 aromatic carbocycles. The Morgan fingerprint density at radius 3 is 2.74 bits per heavy atom. The molecule has 0 atom stereocenters. The van der Waals surface area contributed by atoms with Crippen LogP contribution in [0.25, 0.3) is 11.3 Å². The molecule has 4 heteroatoms. The van der Waals surface area contributed by atoms with Crippen molar-refractivity contribution in [1.29, 1.82) is 0 Å². The molecule has 0 bridgehead atoms. The van der Waals surface area contributed by atoms with Gasteiger partial charge in [0.05, 0.1) is 5.69 Å². The molecule has 0 spiro atoms. The van der Waals surface area contributed by atoms with Crippen molar-refractivity contribution in [3.05, 3.63) is 40.0 Å². The van der Waals surface area contributed by atoms with Crippen LogP contribution in [0.3, 0.4) is 0 Å². The average Bonchev–Trinajstić information content (AvgIpc) is 3.14. The quantitative estimate of drug-likeness (QED) is 0.899. The van der Waals surface area contributed by atoms with Gasteiger partial charge in [0, 0.05) is 17.0 Å². The van der Waals surface area contributed by atoms with Crippen LogP contribution in [0.15, 0.2) is 24.3 Å². The number of benzene rings is 1. The van der Waals surface area contributed by atoms with E-state index in [2.05, 4.69) is 17.2 Å². The Kier molecular flexibility index (Phi) is 3.62. The average molecular weight is 276 g/mol. The van der Waals surface area contributed by atoms with Gasteiger partial charge in [0.2, 0.25) is 0 Å². The van der Waals surface area contributed by atoms with Gasteiger partial charge in [0.15, 0.2) is 0 Å². The molecule has 2 aromatic rings. The summed E-state index contributed by atoms with van der Waals surface area (Å²) in [7, 11) is 0. The summed E-state index contributed by atoms with van der Waals surface area (Å²) in [5, 5.41) is 4.56. The minimum absolute atomic E-state index is 0.206. The Morgan fingerprint density at radius 1 is 1.32 bits per heavy atom. The standard InChI is InChI=1S/C15H17FN2S/c1-10-15(12-4-6-13(16)7-5-12)18-14(19-10)9-17-8-11-2-3-11/h4-7,11,17H,2-3,8-9H2,1H3. The molecule has 0 saturated heterocycles. The minimum Gasteiger partial charge on any atom is -0.310 e. The molecular weight excluding hydrogens is 259 g/mol. The number of halogens is 1. The number of hydrogen-bond acceptors (Lipinski definition) is 3. The second-order valence-corrected chi connectivity index (χ2v) is 6.38. The summed E-state index contributed by atoms with van der Waals surface area (Å²) in [6, 6.07) is 6.55. The van der Waals surface area contributed by atoms with Crippen LogP contribution in [0.1, 0.15) is 22.7 Å². The van der Waals surface area contributed by atoms with Gasteiger partial charge in [-0.1, -0.05) is 0 Å². The number of aromatic nitrogens is 1. The summed E-state index contributed by atoms with van der Waals surface area (Å²) < 4.78 is 12.9. The maximum absolute atomic E-state index is 12.9. The Bertz CT molecular complexity index is 558. The molecule has 0 unspecified atom stereocenters. The van der Waals surface area contributed by atoms with Crippen molar-refractivity contribution in [2.45, 2.75) is 26.3 Å². The largest absolute Gasteiger partial charge is 0.310 e. The van der Waals surface area contributed by atoms with Crippen molar-refractivity contribution < 1.29 is 4.39 Å². The van der Waals surface area contributed by atoms with Crippen LogP contribution < -0.4 is 5.32 Å². The number of nitrogens with one attached hydrogen (secondary N) is 1. The first kappa shape index (κ1) is 12.8. The van der Waals surface area contributed by atoms with Gasteiger partial charge in [-0.15, -0.1) is 11.3 Å². The summed E-state index contributed by atoms with van der Waals surface area (Å²) in [5.41, 5.74) is 1.97. The molecule has 1 saturated carbocycles. The van der Waals surface area contributed by atoms with Gasteiger partial charge in [-0.2, -0.15) is 0 Å². The van der Waals surface area contributed by atoms with E-state index in [9.17, 15) is 4.39 Å². The molecule has 1 aliphatic rings. The van der Waals surface area contributed by atoms with E-state index in [0.717, 1.165) is 35.3 Å². The molecular formula is C15H17FN2S. The first-order valence-corrected chi connectivity index (χ1v) is 7.47. The highest BCUT2D eigenvalue weighted by molar-refractivity contribution is 7.12. The fourth-order valence-corrected chi connectivity index (χ4v) is 3.03. The van der Waals surface area contributed by atoms with E-state index >= 15 is 0 Å². The highest BCUT2D eigenvalue weighted by atomic mass is 32.1. The summed E-state index contributed by atoms with van der Waals surface area (Å²) in [4.78, 5) is 5.85. The summed E-state index contributed by atoms with van der Waals surface area (Å²) in [6.07, 6.45) is 2.73. The minimum atomic E-state index is -0.206. The molecule has 1 N–H and O–H groups in total. The predicted octanol–water partition coefficient (Wildman–Crippen LogP) is 3.76. The van der Waals surface area contributed by atoms with Crippen LogP contribution in [-0.2, 0) is 6.54 Å². The van der Waals surface area contributed by atoms with Crippen molar-refractivity contribution in [2.24, 2.45) is 5.92 Å². The molecule has 100 valence electrons. The van der Waals surface area contributed by atoms with Crippen LogP contribution >= 0.6 is 11.3 Å². The smallest absolute Gasteiger partial charge is 0.123 e. The Balaban J connectivity index is 1.70. The van der Waals surface area contributed by atoms with Crippen molar-refractivity contribution in [2.75, 3.05) is 6.54 Å². The third-order valence-corrected chi connectivity index (χ3v) is 4.34. The normalized spacial score (nSPS) is 14.8. The van der Waals surface area contributed by atoms with Crippen LogP contribution in [0.2, 0.25) is 0 Å². The summed E-state index contributed by atoms with van der Waals surface area (Å²) in [6.45, 7) is 4.01. The summed E-state index contributed by atoms with van der Waals surface area (Å²) >= 11 is 1.72. The third kappa shape index (κ3) is 3.19. The molecule has 0 aliphatic heterocycles. The number of nitrogens with zero attached hydrogens (tertiary/aromatic N) is 1. The van der Waals surface area contributed by atoms with E-state index in [-0.39, 0.29) is 5.82 Å². The van der Waals surface area contributed by atoms with Crippen LogP contribution in [0.4, 0.5) is 4.39 Å². The highest BCUT2D eigenvalue weighted by Crippen LogP contribution is 2.29. The van der Waals surface area contributed by atoms with E-state index in [1.165, 1.54) is 29.9 Å². The molecule has 1 aromatic heterocycles. The second kappa shape index (κ2) is 5.39. The molecule has 3 rings (SSSR count). The van der Waals surface area contributed by atoms with Crippen molar-refractivity contribution in [3.8, 4) is 11.3 Å². The lowest BCUT2D eigenvalue weighted by molar-refractivity contribution is 0.628. The van der Waals surface area contributed by atoms with Gasteiger partial charge in [-0.05, 0) is 56.5 Å². The first-order chi connectivity index (χ1) is 9.22. The third-order valence-electron chi connectivity index (χ3n) is 3.36. The number of thiazole rings is 1. The van der Waals surface area contributed by atoms with Gasteiger partial charge in [0.1, 0.15) is 10.8 Å². The van der Waals surface area contributed by atoms with Gasteiger partial charge < -0.3 is 5.32 Å². The lowest BCUT2D eigenvalue weighted by Crippen LogP contribution is -2.15.